The number of hydrogen-bond acceptors (Lipinski definition) is 3. The lowest BCUT2D eigenvalue weighted by Gasteiger charge is -2.21. The van der Waals surface area contributed by atoms with Crippen molar-refractivity contribution >= 4 is 39.1 Å². The molecule has 0 bridgehead atoms. The van der Waals surface area contributed by atoms with Crippen LogP contribution in [0.5, 0.6) is 0 Å². The summed E-state index contributed by atoms with van der Waals surface area (Å²) in [7, 11) is 0. The first-order chi connectivity index (χ1) is 11.5. The lowest BCUT2D eigenvalue weighted by molar-refractivity contribution is -0.118. The quantitative estimate of drug-likeness (QED) is 0.874. The summed E-state index contributed by atoms with van der Waals surface area (Å²) in [5.74, 6) is -0.0866. The number of pyridine rings is 1. The third-order valence-electron chi connectivity index (χ3n) is 3.99. The van der Waals surface area contributed by atoms with Gasteiger partial charge in [-0.1, -0.05) is 22.0 Å². The number of carbonyl (C=O) groups excluding carboxylic acids is 2. The number of aryl methyl sites for hydroxylation is 1. The lowest BCUT2D eigenvalue weighted by atomic mass is 10.1. The molecule has 2 heterocycles. The van der Waals surface area contributed by atoms with Crippen LogP contribution in [0.3, 0.4) is 0 Å². The van der Waals surface area contributed by atoms with Crippen LogP contribution in [-0.2, 0) is 22.4 Å². The first kappa shape index (κ1) is 16.6. The van der Waals surface area contributed by atoms with Gasteiger partial charge in [-0.15, -0.1) is 0 Å². The normalized spacial score (nSPS) is 12.8. The fourth-order valence-electron chi connectivity index (χ4n) is 2.98. The topological polar surface area (TPSA) is 62.3 Å². The molecule has 1 aromatic carbocycles. The van der Waals surface area contributed by atoms with Gasteiger partial charge in [0.15, 0.2) is 0 Å². The van der Waals surface area contributed by atoms with Gasteiger partial charge in [-0.05, 0) is 42.2 Å². The highest BCUT2D eigenvalue weighted by Crippen LogP contribution is 2.38. The number of fused-ring (bicyclic) bond motifs is 1. The van der Waals surface area contributed by atoms with Crippen LogP contribution in [-0.4, -0.2) is 23.3 Å². The monoisotopic (exact) mass is 387 g/mol. The van der Waals surface area contributed by atoms with E-state index in [1.165, 1.54) is 6.92 Å². The summed E-state index contributed by atoms with van der Waals surface area (Å²) < 4.78 is 0.898. The van der Waals surface area contributed by atoms with Gasteiger partial charge in [-0.2, -0.15) is 0 Å². The van der Waals surface area contributed by atoms with Gasteiger partial charge in [0.2, 0.25) is 11.8 Å². The molecule has 2 aromatic rings. The van der Waals surface area contributed by atoms with E-state index in [4.69, 9.17) is 0 Å². The summed E-state index contributed by atoms with van der Waals surface area (Å²) in [5.41, 5.74) is 3.62. The number of anilines is 2. The Morgan fingerprint density at radius 3 is 2.92 bits per heavy atom. The predicted molar refractivity (Wildman–Crippen MR) is 97.1 cm³/mol. The van der Waals surface area contributed by atoms with Crippen LogP contribution in [0.25, 0.3) is 0 Å². The fraction of sp³-hybridized carbons (Fsp3) is 0.278. The molecule has 0 saturated heterocycles. The van der Waals surface area contributed by atoms with Crippen LogP contribution in [0.1, 0.15) is 24.5 Å². The van der Waals surface area contributed by atoms with Gasteiger partial charge >= 0.3 is 0 Å². The predicted octanol–water partition coefficient (Wildman–Crippen LogP) is 3.32. The molecular formula is C18H18BrN3O2. The van der Waals surface area contributed by atoms with Crippen molar-refractivity contribution in [2.45, 2.75) is 26.2 Å². The number of aromatic nitrogens is 1. The van der Waals surface area contributed by atoms with Gasteiger partial charge in [-0.25, -0.2) is 0 Å². The van der Waals surface area contributed by atoms with Crippen LogP contribution in [0.4, 0.5) is 11.4 Å². The summed E-state index contributed by atoms with van der Waals surface area (Å²) in [5, 5.41) is 2.83. The first-order valence-corrected chi connectivity index (χ1v) is 8.63. The van der Waals surface area contributed by atoms with Crippen molar-refractivity contribution in [2.24, 2.45) is 0 Å². The van der Waals surface area contributed by atoms with Crippen LogP contribution in [0.15, 0.2) is 41.1 Å². The lowest BCUT2D eigenvalue weighted by Crippen LogP contribution is -2.30. The number of carbonyl (C=O) groups is 2. The van der Waals surface area contributed by atoms with E-state index >= 15 is 0 Å². The second kappa shape index (κ2) is 7.13. The maximum atomic E-state index is 12.7. The first-order valence-electron chi connectivity index (χ1n) is 7.84. The number of nitrogens with one attached hydrogen (secondary N) is 1. The molecule has 0 aliphatic carbocycles. The highest BCUT2D eigenvalue weighted by Gasteiger charge is 2.28. The maximum Gasteiger partial charge on any atom is 0.227 e. The Morgan fingerprint density at radius 1 is 1.38 bits per heavy atom. The Labute approximate surface area is 149 Å². The van der Waals surface area contributed by atoms with Crippen LogP contribution in [0, 0.1) is 0 Å². The Morgan fingerprint density at radius 2 is 2.21 bits per heavy atom. The molecule has 24 heavy (non-hydrogen) atoms. The zero-order valence-corrected chi connectivity index (χ0v) is 15.0. The smallest absolute Gasteiger partial charge is 0.227 e. The highest BCUT2D eigenvalue weighted by molar-refractivity contribution is 9.10. The molecule has 0 fully saturated rings. The number of rotatable bonds is 4. The Balaban J connectivity index is 1.80. The fourth-order valence-corrected chi connectivity index (χ4v) is 3.48. The van der Waals surface area contributed by atoms with Crippen LogP contribution < -0.4 is 10.2 Å². The van der Waals surface area contributed by atoms with Crippen LogP contribution in [0.2, 0.25) is 0 Å². The van der Waals surface area contributed by atoms with Gasteiger partial charge < -0.3 is 10.2 Å². The highest BCUT2D eigenvalue weighted by atomic mass is 79.9. The zero-order chi connectivity index (χ0) is 17.1. The zero-order valence-electron chi connectivity index (χ0n) is 13.4. The molecule has 1 aliphatic rings. The van der Waals surface area contributed by atoms with Gasteiger partial charge in [0.25, 0.3) is 0 Å². The van der Waals surface area contributed by atoms with Crippen molar-refractivity contribution in [2.75, 3.05) is 16.8 Å². The number of amides is 2. The van der Waals surface area contributed by atoms with E-state index in [2.05, 4.69) is 26.2 Å². The molecule has 124 valence electrons. The average molecular weight is 388 g/mol. The minimum absolute atomic E-state index is 0.0616. The Bertz CT molecular complexity index is 777. The molecule has 3 rings (SSSR count). The van der Waals surface area contributed by atoms with Crippen LogP contribution >= 0.6 is 15.9 Å². The van der Waals surface area contributed by atoms with E-state index in [9.17, 15) is 9.59 Å². The van der Waals surface area contributed by atoms with Gasteiger partial charge in [0.1, 0.15) is 0 Å². The van der Waals surface area contributed by atoms with Crippen molar-refractivity contribution in [3.63, 3.8) is 0 Å². The molecule has 2 amide bonds. The molecular weight excluding hydrogens is 370 g/mol. The average Bonchev–Trinajstić information content (AvgIpc) is 2.97. The minimum Gasteiger partial charge on any atom is -0.324 e. The summed E-state index contributed by atoms with van der Waals surface area (Å²) in [6, 6.07) is 7.69. The number of halogens is 1. The van der Waals surface area contributed by atoms with E-state index in [0.717, 1.165) is 27.7 Å². The number of nitrogens with zero attached hydrogens (tertiary/aromatic N) is 2. The molecule has 1 N–H and O–H groups in total. The number of hydrogen-bond donors (Lipinski definition) is 1. The minimum atomic E-state index is -0.148. The summed E-state index contributed by atoms with van der Waals surface area (Å²) in [4.78, 5) is 30.0. The molecule has 1 aliphatic heterocycles. The van der Waals surface area contributed by atoms with Gasteiger partial charge in [-0.3, -0.25) is 14.6 Å². The van der Waals surface area contributed by atoms with Crippen molar-refractivity contribution in [3.8, 4) is 0 Å². The van der Waals surface area contributed by atoms with Crippen molar-refractivity contribution in [1.82, 2.24) is 4.98 Å². The van der Waals surface area contributed by atoms with E-state index in [1.807, 2.05) is 24.3 Å². The Hall–Kier alpha value is -2.21. The SMILES string of the molecule is CC(=O)Nc1cc(Br)cc2c1N(C(=O)CCc1cccnc1)CC2. The van der Waals surface area contributed by atoms with Gasteiger partial charge in [0.05, 0.1) is 11.4 Å². The largest absolute Gasteiger partial charge is 0.324 e. The molecule has 1 aromatic heterocycles. The van der Waals surface area contributed by atoms with Crippen molar-refractivity contribution in [1.29, 1.82) is 0 Å². The van der Waals surface area contributed by atoms with E-state index in [0.29, 0.717) is 25.1 Å². The molecule has 0 radical (unpaired) electrons. The van der Waals surface area contributed by atoms with Gasteiger partial charge in [0, 0.05) is 36.8 Å². The van der Waals surface area contributed by atoms with Crippen molar-refractivity contribution < 1.29 is 9.59 Å². The summed E-state index contributed by atoms with van der Waals surface area (Å²) in [6.45, 7) is 2.11. The van der Waals surface area contributed by atoms with E-state index < -0.39 is 0 Å². The molecule has 0 saturated carbocycles. The molecule has 0 unspecified atom stereocenters. The molecule has 6 heteroatoms. The second-order valence-corrected chi connectivity index (χ2v) is 6.71. The van der Waals surface area contributed by atoms with E-state index in [-0.39, 0.29) is 11.8 Å². The molecule has 0 spiro atoms. The molecule has 0 atom stereocenters. The Kier molecular flexibility index (Phi) is 4.94. The van der Waals surface area contributed by atoms with Crippen molar-refractivity contribution in [3.05, 3.63) is 52.3 Å². The standard InChI is InChI=1S/C18H18BrN3O2/c1-12(23)21-16-10-15(19)9-14-6-8-22(18(14)16)17(24)5-4-13-3-2-7-20-11-13/h2-3,7,9-11H,4-6,8H2,1H3,(H,21,23). The number of benzene rings is 1. The summed E-state index contributed by atoms with van der Waals surface area (Å²) >= 11 is 3.46. The summed E-state index contributed by atoms with van der Waals surface area (Å²) in [6.07, 6.45) is 5.37. The third kappa shape index (κ3) is 3.64. The van der Waals surface area contributed by atoms with E-state index in [1.54, 1.807) is 17.3 Å². The second-order valence-electron chi connectivity index (χ2n) is 5.80. The third-order valence-corrected chi connectivity index (χ3v) is 4.45. The maximum absolute atomic E-state index is 12.7. The molecule has 5 nitrogen and oxygen atoms in total.